The van der Waals surface area contributed by atoms with E-state index in [1.54, 1.807) is 11.4 Å². The summed E-state index contributed by atoms with van der Waals surface area (Å²) < 4.78 is 6.33. The fourth-order valence-corrected chi connectivity index (χ4v) is 3.60. The molecular weight excluding hydrogens is 378 g/mol. The molecular formula is C20H20ClN5O2. The maximum Gasteiger partial charge on any atom is 0.332 e. The number of halogens is 1. The Morgan fingerprint density at radius 2 is 1.89 bits per heavy atom. The van der Waals surface area contributed by atoms with Crippen LogP contribution in [0, 0.1) is 6.92 Å². The van der Waals surface area contributed by atoms with Gasteiger partial charge in [0.25, 0.3) is 5.56 Å². The van der Waals surface area contributed by atoms with Crippen LogP contribution in [0.5, 0.6) is 0 Å². The summed E-state index contributed by atoms with van der Waals surface area (Å²) in [7, 11) is 1.63. The minimum absolute atomic E-state index is 0.185. The zero-order valence-corrected chi connectivity index (χ0v) is 16.4. The predicted molar refractivity (Wildman–Crippen MR) is 111 cm³/mol. The third-order valence-electron chi connectivity index (χ3n) is 4.85. The summed E-state index contributed by atoms with van der Waals surface area (Å²) in [5.41, 5.74) is 1.98. The van der Waals surface area contributed by atoms with E-state index in [4.69, 9.17) is 11.6 Å². The quantitative estimate of drug-likeness (QED) is 0.486. The Labute approximate surface area is 165 Å². The summed E-state index contributed by atoms with van der Waals surface area (Å²) in [5, 5.41) is 0. The molecule has 0 saturated carbocycles. The zero-order chi connectivity index (χ0) is 19.8. The number of aromatic nitrogens is 5. The number of allylic oxidation sites excluding steroid dienone is 1. The van der Waals surface area contributed by atoms with Crippen LogP contribution >= 0.6 is 11.6 Å². The van der Waals surface area contributed by atoms with Crippen molar-refractivity contribution in [1.29, 1.82) is 0 Å². The van der Waals surface area contributed by atoms with Crippen LogP contribution in [0.1, 0.15) is 11.3 Å². The van der Waals surface area contributed by atoms with E-state index in [1.165, 1.54) is 9.13 Å². The first-order valence-corrected chi connectivity index (χ1v) is 9.51. The van der Waals surface area contributed by atoms with Gasteiger partial charge in [0.05, 0.1) is 0 Å². The lowest BCUT2D eigenvalue weighted by Gasteiger charge is -2.05. The molecule has 0 saturated heterocycles. The lowest BCUT2D eigenvalue weighted by atomic mass is 10.2. The van der Waals surface area contributed by atoms with Crippen LogP contribution in [0.25, 0.3) is 23.0 Å². The second-order valence-electron chi connectivity index (χ2n) is 6.64. The minimum Gasteiger partial charge on any atom is -0.313 e. The van der Waals surface area contributed by atoms with Crippen LogP contribution in [0.3, 0.4) is 0 Å². The van der Waals surface area contributed by atoms with E-state index >= 15 is 0 Å². The molecule has 0 spiro atoms. The number of benzene rings is 1. The first-order chi connectivity index (χ1) is 13.5. The molecule has 4 aromatic rings. The second-order valence-corrected chi connectivity index (χ2v) is 7.01. The summed E-state index contributed by atoms with van der Waals surface area (Å²) in [4.78, 5) is 30.4. The number of aryl methyl sites for hydroxylation is 3. The number of imidazole rings is 2. The van der Waals surface area contributed by atoms with Gasteiger partial charge >= 0.3 is 5.69 Å². The molecule has 4 rings (SSSR count). The molecule has 0 atom stereocenters. The third-order valence-corrected chi connectivity index (χ3v) is 5.02. The molecule has 8 heteroatoms. The number of alkyl halides is 1. The zero-order valence-electron chi connectivity index (χ0n) is 15.7. The Kier molecular flexibility index (Phi) is 4.68. The van der Waals surface area contributed by atoms with E-state index in [2.05, 4.69) is 4.98 Å². The maximum absolute atomic E-state index is 13.1. The van der Waals surface area contributed by atoms with Crippen molar-refractivity contribution in [2.75, 3.05) is 5.88 Å². The van der Waals surface area contributed by atoms with Gasteiger partial charge in [0.15, 0.2) is 11.2 Å². The van der Waals surface area contributed by atoms with E-state index in [-0.39, 0.29) is 12.1 Å². The van der Waals surface area contributed by atoms with Gasteiger partial charge in [-0.3, -0.25) is 18.3 Å². The van der Waals surface area contributed by atoms with E-state index in [0.717, 1.165) is 11.3 Å². The number of hydrogen-bond donors (Lipinski definition) is 0. The molecule has 28 heavy (non-hydrogen) atoms. The normalized spacial score (nSPS) is 12.0. The minimum atomic E-state index is -0.392. The maximum atomic E-state index is 13.1. The highest BCUT2D eigenvalue weighted by Gasteiger charge is 2.19. The van der Waals surface area contributed by atoms with Crippen molar-refractivity contribution in [3.05, 3.63) is 74.7 Å². The summed E-state index contributed by atoms with van der Waals surface area (Å²) in [5.74, 6) is 1.04. The van der Waals surface area contributed by atoms with Crippen molar-refractivity contribution in [3.8, 4) is 0 Å². The highest BCUT2D eigenvalue weighted by molar-refractivity contribution is 6.17. The molecule has 0 bridgehead atoms. The molecule has 0 fully saturated rings. The molecule has 0 aliphatic rings. The van der Waals surface area contributed by atoms with Gasteiger partial charge in [-0.15, -0.1) is 11.6 Å². The molecule has 1 aromatic carbocycles. The van der Waals surface area contributed by atoms with E-state index < -0.39 is 5.69 Å². The van der Waals surface area contributed by atoms with Gasteiger partial charge in [0, 0.05) is 37.9 Å². The first kappa shape index (κ1) is 18.3. The van der Waals surface area contributed by atoms with Gasteiger partial charge < -0.3 is 4.57 Å². The molecule has 0 N–H and O–H groups in total. The summed E-state index contributed by atoms with van der Waals surface area (Å²) >= 11 is 5.90. The number of fused-ring (bicyclic) bond motifs is 3. The Morgan fingerprint density at radius 3 is 2.61 bits per heavy atom. The van der Waals surface area contributed by atoms with Crippen LogP contribution in [-0.2, 0) is 20.1 Å². The van der Waals surface area contributed by atoms with E-state index in [0.29, 0.717) is 29.4 Å². The Balaban J connectivity index is 1.87. The molecule has 0 aliphatic carbocycles. The van der Waals surface area contributed by atoms with Gasteiger partial charge in [0.2, 0.25) is 5.78 Å². The lowest BCUT2D eigenvalue weighted by Crippen LogP contribution is -2.39. The van der Waals surface area contributed by atoms with Crippen molar-refractivity contribution >= 4 is 34.6 Å². The largest absolute Gasteiger partial charge is 0.332 e. The fraction of sp³-hybridized carbons (Fsp3) is 0.250. The molecule has 3 aromatic heterocycles. The van der Waals surface area contributed by atoms with Gasteiger partial charge in [-0.1, -0.05) is 42.5 Å². The molecule has 0 unspecified atom stereocenters. The third kappa shape index (κ3) is 2.88. The lowest BCUT2D eigenvalue weighted by molar-refractivity contribution is 0.667. The average molecular weight is 398 g/mol. The van der Waals surface area contributed by atoms with Crippen LogP contribution < -0.4 is 11.2 Å². The van der Waals surface area contributed by atoms with Crippen molar-refractivity contribution < 1.29 is 0 Å². The predicted octanol–water partition coefficient (Wildman–Crippen LogP) is 2.41. The Bertz CT molecular complexity index is 1310. The number of rotatable bonds is 5. The van der Waals surface area contributed by atoms with Crippen LogP contribution in [0.15, 0.2) is 52.2 Å². The summed E-state index contributed by atoms with van der Waals surface area (Å²) in [6, 6.07) is 9.74. The monoisotopic (exact) mass is 397 g/mol. The van der Waals surface area contributed by atoms with Gasteiger partial charge in [-0.05, 0) is 12.5 Å². The molecule has 0 aliphatic heterocycles. The van der Waals surface area contributed by atoms with Crippen molar-refractivity contribution in [3.63, 3.8) is 0 Å². The average Bonchev–Trinajstić information content (AvgIpc) is 3.20. The number of nitrogens with zero attached hydrogens (tertiary/aromatic N) is 5. The molecule has 0 radical (unpaired) electrons. The first-order valence-electron chi connectivity index (χ1n) is 8.98. The van der Waals surface area contributed by atoms with E-state index in [9.17, 15) is 9.59 Å². The van der Waals surface area contributed by atoms with Gasteiger partial charge in [-0.2, -0.15) is 4.98 Å². The van der Waals surface area contributed by atoms with Gasteiger partial charge in [0.1, 0.15) is 0 Å². The summed E-state index contributed by atoms with van der Waals surface area (Å²) in [6.07, 6.45) is 5.56. The SMILES string of the molecule is Cc1cn2c3c(=O)n(C/C=C/c4ccccc4)c(=O)n(C)c3nc2n1CCCl. The molecule has 0 amide bonds. The Hall–Kier alpha value is -3.06. The van der Waals surface area contributed by atoms with Crippen molar-refractivity contribution in [1.82, 2.24) is 23.1 Å². The summed E-state index contributed by atoms with van der Waals surface area (Å²) in [6.45, 7) is 2.70. The van der Waals surface area contributed by atoms with Gasteiger partial charge in [-0.25, -0.2) is 4.79 Å². The van der Waals surface area contributed by atoms with Crippen molar-refractivity contribution in [2.24, 2.45) is 7.05 Å². The fourth-order valence-electron chi connectivity index (χ4n) is 3.44. The van der Waals surface area contributed by atoms with E-state index in [1.807, 2.05) is 60.2 Å². The standard InChI is InChI=1S/C20H20ClN5O2/c1-14-13-26-16-17(22-19(26)24(14)12-10-21)23(2)20(28)25(18(16)27)11-6-9-15-7-4-3-5-8-15/h3-9,13H,10-12H2,1-2H3/b9-6+. The smallest absolute Gasteiger partial charge is 0.313 e. The molecule has 144 valence electrons. The topological polar surface area (TPSA) is 66.2 Å². The molecule has 7 nitrogen and oxygen atoms in total. The van der Waals surface area contributed by atoms with Crippen molar-refractivity contribution in [2.45, 2.75) is 20.0 Å². The van der Waals surface area contributed by atoms with Crippen LogP contribution in [0.4, 0.5) is 0 Å². The highest BCUT2D eigenvalue weighted by Crippen LogP contribution is 2.16. The highest BCUT2D eigenvalue weighted by atomic mass is 35.5. The van der Waals surface area contributed by atoms with Crippen LogP contribution in [-0.4, -0.2) is 29.0 Å². The second kappa shape index (κ2) is 7.16. The van der Waals surface area contributed by atoms with Crippen LogP contribution in [0.2, 0.25) is 0 Å². The number of hydrogen-bond acceptors (Lipinski definition) is 3. The molecule has 3 heterocycles. The Morgan fingerprint density at radius 1 is 1.14 bits per heavy atom.